The van der Waals surface area contributed by atoms with Crippen LogP contribution in [0.4, 0.5) is 5.69 Å². The Morgan fingerprint density at radius 1 is 1.11 bits per heavy atom. The number of aryl methyl sites for hydroxylation is 1. The number of hydrogen-bond acceptors (Lipinski definition) is 3. The Balaban J connectivity index is 1.50. The molecule has 0 atom stereocenters. The Morgan fingerprint density at radius 3 is 2.64 bits per heavy atom. The van der Waals surface area contributed by atoms with Gasteiger partial charge in [0.1, 0.15) is 0 Å². The molecule has 2 aromatic heterocycles. The van der Waals surface area contributed by atoms with Crippen molar-refractivity contribution in [2.24, 2.45) is 0 Å². The number of anilines is 1. The van der Waals surface area contributed by atoms with Gasteiger partial charge in [-0.15, -0.1) is 11.3 Å². The maximum absolute atomic E-state index is 12.8. The van der Waals surface area contributed by atoms with E-state index in [-0.39, 0.29) is 11.8 Å². The Labute approximate surface area is 168 Å². The standard InChI is InChI=1S/C22H23N3O2S/c1-14-11-20(15(2)25(14)13-19-7-4-10-28-19)22(27)24-18-6-3-5-16(12-18)21(26)23-17-8-9-17/h3-7,10-12,17H,8-9,13H2,1-2H3,(H,23,26)(H,24,27). The van der Waals surface area contributed by atoms with Crippen LogP contribution in [0.3, 0.4) is 0 Å². The van der Waals surface area contributed by atoms with Crippen LogP contribution in [0.1, 0.15) is 49.8 Å². The van der Waals surface area contributed by atoms with Crippen LogP contribution in [-0.2, 0) is 6.54 Å². The average molecular weight is 394 g/mol. The number of hydrogen-bond donors (Lipinski definition) is 2. The van der Waals surface area contributed by atoms with Crippen LogP contribution >= 0.6 is 11.3 Å². The highest BCUT2D eigenvalue weighted by Crippen LogP contribution is 2.22. The van der Waals surface area contributed by atoms with Crippen LogP contribution in [0, 0.1) is 13.8 Å². The summed E-state index contributed by atoms with van der Waals surface area (Å²) in [6.45, 7) is 4.74. The fourth-order valence-electron chi connectivity index (χ4n) is 3.27. The predicted octanol–water partition coefficient (Wildman–Crippen LogP) is 4.36. The lowest BCUT2D eigenvalue weighted by Gasteiger charge is -2.10. The van der Waals surface area contributed by atoms with Gasteiger partial charge in [-0.1, -0.05) is 12.1 Å². The third-order valence-electron chi connectivity index (χ3n) is 5.01. The highest BCUT2D eigenvalue weighted by atomic mass is 32.1. The van der Waals surface area contributed by atoms with Crippen molar-refractivity contribution in [3.8, 4) is 0 Å². The summed E-state index contributed by atoms with van der Waals surface area (Å²) < 4.78 is 2.15. The van der Waals surface area contributed by atoms with E-state index in [1.807, 2.05) is 26.0 Å². The molecule has 0 spiro atoms. The molecule has 4 rings (SSSR count). The zero-order valence-corrected chi connectivity index (χ0v) is 16.8. The summed E-state index contributed by atoms with van der Waals surface area (Å²) in [6, 6.07) is 13.4. The number of aromatic nitrogens is 1. The monoisotopic (exact) mass is 393 g/mol. The first-order valence-electron chi connectivity index (χ1n) is 9.42. The SMILES string of the molecule is Cc1cc(C(=O)Nc2cccc(C(=O)NC3CC3)c2)c(C)n1Cc1cccs1. The number of carbonyl (C=O) groups is 2. The summed E-state index contributed by atoms with van der Waals surface area (Å²) in [4.78, 5) is 26.3. The van der Waals surface area contributed by atoms with Gasteiger partial charge in [-0.25, -0.2) is 0 Å². The lowest BCUT2D eigenvalue weighted by atomic mass is 10.1. The van der Waals surface area contributed by atoms with Crippen molar-refractivity contribution in [3.63, 3.8) is 0 Å². The maximum atomic E-state index is 12.8. The van der Waals surface area contributed by atoms with Crippen molar-refractivity contribution >= 4 is 28.8 Å². The molecule has 1 saturated carbocycles. The van der Waals surface area contributed by atoms with Crippen LogP contribution in [0.2, 0.25) is 0 Å². The minimum absolute atomic E-state index is 0.0901. The summed E-state index contributed by atoms with van der Waals surface area (Å²) in [7, 11) is 0. The van der Waals surface area contributed by atoms with Gasteiger partial charge >= 0.3 is 0 Å². The largest absolute Gasteiger partial charge is 0.349 e. The predicted molar refractivity (Wildman–Crippen MR) is 112 cm³/mol. The molecule has 0 unspecified atom stereocenters. The molecule has 0 bridgehead atoms. The number of nitrogens with one attached hydrogen (secondary N) is 2. The lowest BCUT2D eigenvalue weighted by Crippen LogP contribution is -2.25. The van der Waals surface area contributed by atoms with E-state index < -0.39 is 0 Å². The molecule has 6 heteroatoms. The van der Waals surface area contributed by atoms with E-state index in [0.29, 0.717) is 22.9 Å². The van der Waals surface area contributed by atoms with Gasteiger partial charge < -0.3 is 15.2 Å². The lowest BCUT2D eigenvalue weighted by molar-refractivity contribution is 0.0949. The Hall–Kier alpha value is -2.86. The number of thiophene rings is 1. The van der Waals surface area contributed by atoms with Gasteiger partial charge in [-0.3, -0.25) is 9.59 Å². The normalized spacial score (nSPS) is 13.4. The number of carbonyl (C=O) groups excluding carboxylic acids is 2. The third kappa shape index (κ3) is 4.02. The topological polar surface area (TPSA) is 63.1 Å². The molecule has 0 saturated heterocycles. The van der Waals surface area contributed by atoms with E-state index in [1.54, 1.807) is 35.6 Å². The molecule has 1 aromatic carbocycles. The molecule has 2 N–H and O–H groups in total. The minimum atomic E-state index is -0.162. The van der Waals surface area contributed by atoms with E-state index in [4.69, 9.17) is 0 Å². The first-order chi connectivity index (χ1) is 13.5. The highest BCUT2D eigenvalue weighted by molar-refractivity contribution is 7.09. The summed E-state index contributed by atoms with van der Waals surface area (Å²) >= 11 is 1.71. The summed E-state index contributed by atoms with van der Waals surface area (Å²) in [6.07, 6.45) is 2.09. The summed E-state index contributed by atoms with van der Waals surface area (Å²) in [5.41, 5.74) is 3.82. The van der Waals surface area contributed by atoms with Gasteiger partial charge in [0.15, 0.2) is 0 Å². The molecular formula is C22H23N3O2S. The zero-order valence-electron chi connectivity index (χ0n) is 16.0. The summed E-state index contributed by atoms with van der Waals surface area (Å²) in [5.74, 6) is -0.252. The smallest absolute Gasteiger partial charge is 0.257 e. The van der Waals surface area contributed by atoms with Crippen molar-refractivity contribution in [2.75, 3.05) is 5.32 Å². The van der Waals surface area contributed by atoms with E-state index in [9.17, 15) is 9.59 Å². The molecule has 1 aliphatic rings. The number of amides is 2. The Bertz CT molecular complexity index is 1020. The molecule has 0 radical (unpaired) electrons. The fraction of sp³-hybridized carbons (Fsp3) is 0.273. The van der Waals surface area contributed by atoms with E-state index >= 15 is 0 Å². The van der Waals surface area contributed by atoms with Gasteiger partial charge in [0.2, 0.25) is 0 Å². The molecule has 3 aromatic rings. The first-order valence-corrected chi connectivity index (χ1v) is 10.3. The second-order valence-electron chi connectivity index (χ2n) is 7.23. The first kappa shape index (κ1) is 18.5. The van der Waals surface area contributed by atoms with Crippen LogP contribution in [0.25, 0.3) is 0 Å². The second-order valence-corrected chi connectivity index (χ2v) is 8.27. The van der Waals surface area contributed by atoms with Crippen LogP contribution in [-0.4, -0.2) is 22.4 Å². The fourth-order valence-corrected chi connectivity index (χ4v) is 3.96. The van der Waals surface area contributed by atoms with Gasteiger partial charge in [0.25, 0.3) is 11.8 Å². The van der Waals surface area contributed by atoms with Crippen molar-refractivity contribution in [1.82, 2.24) is 9.88 Å². The van der Waals surface area contributed by atoms with Crippen LogP contribution in [0.15, 0.2) is 47.8 Å². The van der Waals surface area contributed by atoms with Crippen molar-refractivity contribution in [3.05, 3.63) is 75.2 Å². The highest BCUT2D eigenvalue weighted by Gasteiger charge is 2.24. The molecular weight excluding hydrogens is 370 g/mol. The molecule has 144 valence electrons. The Kier molecular flexibility index (Phi) is 5.05. The van der Waals surface area contributed by atoms with Crippen LogP contribution in [0.5, 0.6) is 0 Å². The average Bonchev–Trinajstić information content (AvgIpc) is 3.25. The van der Waals surface area contributed by atoms with Crippen LogP contribution < -0.4 is 10.6 Å². The van der Waals surface area contributed by atoms with Crippen molar-refractivity contribution in [2.45, 2.75) is 39.3 Å². The van der Waals surface area contributed by atoms with Crippen molar-refractivity contribution in [1.29, 1.82) is 0 Å². The molecule has 28 heavy (non-hydrogen) atoms. The molecule has 1 fully saturated rings. The van der Waals surface area contributed by atoms with Gasteiger partial charge in [0, 0.05) is 33.6 Å². The minimum Gasteiger partial charge on any atom is -0.349 e. The molecule has 5 nitrogen and oxygen atoms in total. The second kappa shape index (κ2) is 7.64. The summed E-state index contributed by atoms with van der Waals surface area (Å²) in [5, 5.41) is 7.96. The third-order valence-corrected chi connectivity index (χ3v) is 5.87. The number of rotatable bonds is 6. The zero-order chi connectivity index (χ0) is 19.7. The number of benzene rings is 1. The van der Waals surface area contributed by atoms with Gasteiger partial charge in [-0.2, -0.15) is 0 Å². The van der Waals surface area contributed by atoms with E-state index in [2.05, 4.69) is 26.6 Å². The molecule has 1 aliphatic carbocycles. The molecule has 2 heterocycles. The number of nitrogens with zero attached hydrogens (tertiary/aromatic N) is 1. The molecule has 2 amide bonds. The van der Waals surface area contributed by atoms with E-state index in [1.165, 1.54) is 4.88 Å². The van der Waals surface area contributed by atoms with Crippen molar-refractivity contribution < 1.29 is 9.59 Å². The van der Waals surface area contributed by atoms with Gasteiger partial charge in [0.05, 0.1) is 12.1 Å². The Morgan fingerprint density at radius 2 is 1.93 bits per heavy atom. The molecule has 0 aliphatic heterocycles. The van der Waals surface area contributed by atoms with Gasteiger partial charge in [-0.05, 0) is 62.4 Å². The van der Waals surface area contributed by atoms with E-state index in [0.717, 1.165) is 30.8 Å². The quantitative estimate of drug-likeness (QED) is 0.654. The maximum Gasteiger partial charge on any atom is 0.257 e.